The van der Waals surface area contributed by atoms with Gasteiger partial charge in [0.25, 0.3) is 11.1 Å². The summed E-state index contributed by atoms with van der Waals surface area (Å²) in [6, 6.07) is 22.2. The minimum absolute atomic E-state index is 0.134. The van der Waals surface area contributed by atoms with Gasteiger partial charge >= 0.3 is 0 Å². The molecule has 1 aliphatic rings. The quantitative estimate of drug-likeness (QED) is 0.372. The lowest BCUT2D eigenvalue weighted by Crippen LogP contribution is -2.27. The molecule has 1 fully saturated rings. The first-order chi connectivity index (χ1) is 15.0. The van der Waals surface area contributed by atoms with Gasteiger partial charge in [-0.2, -0.15) is 0 Å². The molecule has 4 rings (SSSR count). The van der Waals surface area contributed by atoms with Crippen molar-refractivity contribution in [3.05, 3.63) is 104 Å². The number of rotatable bonds is 6. The molecule has 7 heteroatoms. The van der Waals surface area contributed by atoms with Gasteiger partial charge in [-0.25, -0.2) is 0 Å². The van der Waals surface area contributed by atoms with Gasteiger partial charge in [-0.3, -0.25) is 14.5 Å². The maximum atomic E-state index is 12.8. The number of benzene rings is 3. The molecule has 1 saturated heterocycles. The van der Waals surface area contributed by atoms with Crippen LogP contribution in [0.5, 0.6) is 5.75 Å². The Balaban J connectivity index is 1.47. The number of hydrogen-bond acceptors (Lipinski definition) is 4. The van der Waals surface area contributed by atoms with Crippen LogP contribution in [0.4, 0.5) is 4.79 Å². The molecule has 1 heterocycles. The van der Waals surface area contributed by atoms with Crippen LogP contribution in [0.3, 0.4) is 0 Å². The molecule has 3 aromatic carbocycles. The second-order valence-corrected chi connectivity index (χ2v) is 8.63. The van der Waals surface area contributed by atoms with E-state index in [-0.39, 0.29) is 17.7 Å². The van der Waals surface area contributed by atoms with Gasteiger partial charge < -0.3 is 4.74 Å². The lowest BCUT2D eigenvalue weighted by Gasteiger charge is -2.13. The van der Waals surface area contributed by atoms with Crippen LogP contribution in [0.15, 0.2) is 77.7 Å². The third-order valence-electron chi connectivity index (χ3n) is 4.65. The number of carbonyl (C=O) groups excluding carboxylic acids is 2. The lowest BCUT2D eigenvalue weighted by molar-refractivity contribution is -0.123. The molecule has 0 atom stereocenters. The summed E-state index contributed by atoms with van der Waals surface area (Å²) in [6.07, 6.45) is 1.66. The maximum Gasteiger partial charge on any atom is 0.293 e. The third kappa shape index (κ3) is 5.13. The summed E-state index contributed by atoms with van der Waals surface area (Å²) < 4.78 is 5.78. The number of thioether (sulfide) groups is 1. The maximum absolute atomic E-state index is 12.8. The molecule has 0 unspecified atom stereocenters. The van der Waals surface area contributed by atoms with Crippen molar-refractivity contribution >= 4 is 52.2 Å². The number of carbonyl (C=O) groups is 2. The van der Waals surface area contributed by atoms with Crippen molar-refractivity contribution in [2.75, 3.05) is 0 Å². The number of nitrogens with zero attached hydrogens (tertiary/aromatic N) is 1. The van der Waals surface area contributed by atoms with Crippen LogP contribution >= 0.6 is 35.0 Å². The zero-order chi connectivity index (χ0) is 21.8. The Morgan fingerprint density at radius 1 is 0.903 bits per heavy atom. The molecule has 0 radical (unpaired) electrons. The zero-order valence-corrected chi connectivity index (χ0v) is 18.6. The molecule has 0 aliphatic carbocycles. The third-order valence-corrected chi connectivity index (χ3v) is 6.22. The monoisotopic (exact) mass is 469 g/mol. The first-order valence-corrected chi connectivity index (χ1v) is 11.0. The summed E-state index contributed by atoms with van der Waals surface area (Å²) >= 11 is 13.4. The summed E-state index contributed by atoms with van der Waals surface area (Å²) in [7, 11) is 0. The van der Waals surface area contributed by atoms with E-state index >= 15 is 0 Å². The first-order valence-electron chi connectivity index (χ1n) is 9.46. The predicted molar refractivity (Wildman–Crippen MR) is 125 cm³/mol. The molecule has 1 aliphatic heterocycles. The summed E-state index contributed by atoms with van der Waals surface area (Å²) in [6.45, 7) is 0.537. The molecule has 156 valence electrons. The number of halogens is 2. The van der Waals surface area contributed by atoms with E-state index in [1.807, 2.05) is 36.4 Å². The Morgan fingerprint density at radius 2 is 1.65 bits per heavy atom. The van der Waals surface area contributed by atoms with Gasteiger partial charge in [-0.05, 0) is 52.7 Å². The van der Waals surface area contributed by atoms with Crippen LogP contribution < -0.4 is 4.74 Å². The van der Waals surface area contributed by atoms with Crippen LogP contribution in [0, 0.1) is 0 Å². The first kappa shape index (κ1) is 21.5. The van der Waals surface area contributed by atoms with Gasteiger partial charge in [0.05, 0.1) is 16.5 Å². The molecule has 0 bridgehead atoms. The van der Waals surface area contributed by atoms with Crippen LogP contribution in [0.1, 0.15) is 16.7 Å². The summed E-state index contributed by atoms with van der Waals surface area (Å²) in [5.41, 5.74) is 2.46. The Labute approximate surface area is 194 Å². The minimum Gasteiger partial charge on any atom is -0.487 e. The van der Waals surface area contributed by atoms with Crippen molar-refractivity contribution in [3.8, 4) is 5.75 Å². The number of imide groups is 1. The smallest absolute Gasteiger partial charge is 0.293 e. The van der Waals surface area contributed by atoms with Crippen molar-refractivity contribution in [3.63, 3.8) is 0 Å². The average molecular weight is 470 g/mol. The Kier molecular flexibility index (Phi) is 6.66. The summed E-state index contributed by atoms with van der Waals surface area (Å²) in [5.74, 6) is 0.199. The highest BCUT2D eigenvalue weighted by molar-refractivity contribution is 8.18. The fraction of sp³-hybridized carbons (Fsp3) is 0.0833. The fourth-order valence-electron chi connectivity index (χ4n) is 3.04. The molecule has 3 aromatic rings. The van der Waals surface area contributed by atoms with E-state index in [2.05, 4.69) is 0 Å². The molecule has 4 nitrogen and oxygen atoms in total. The summed E-state index contributed by atoms with van der Waals surface area (Å²) in [4.78, 5) is 26.7. The predicted octanol–water partition coefficient (Wildman–Crippen LogP) is 6.81. The summed E-state index contributed by atoms with van der Waals surface area (Å²) in [5, 5.41) is 0.619. The van der Waals surface area contributed by atoms with Gasteiger partial charge in [0, 0.05) is 5.02 Å². The Hall–Kier alpha value is -2.73. The van der Waals surface area contributed by atoms with Crippen LogP contribution in [-0.2, 0) is 17.9 Å². The molecule has 0 saturated carbocycles. The van der Waals surface area contributed by atoms with Crippen molar-refractivity contribution in [1.82, 2.24) is 4.90 Å². The van der Waals surface area contributed by atoms with Crippen LogP contribution in [0.2, 0.25) is 10.0 Å². The van der Waals surface area contributed by atoms with Crippen LogP contribution in [0.25, 0.3) is 6.08 Å². The van der Waals surface area contributed by atoms with Gasteiger partial charge in [0.15, 0.2) is 0 Å². The van der Waals surface area contributed by atoms with Crippen LogP contribution in [-0.4, -0.2) is 16.0 Å². The molecule has 31 heavy (non-hydrogen) atoms. The molecule has 0 aromatic heterocycles. The standard InChI is InChI=1S/C24H17Cl2NO3S/c25-19-9-5-4-8-18(19)14-27-23(28)22(31-24(27)29)13-17-10-11-21(20(26)12-17)30-15-16-6-2-1-3-7-16/h1-13H,14-15H2/b22-13-. The van der Waals surface area contributed by atoms with E-state index in [1.54, 1.807) is 42.5 Å². The van der Waals surface area contributed by atoms with Gasteiger partial charge in [0.2, 0.25) is 0 Å². The zero-order valence-electron chi connectivity index (χ0n) is 16.3. The minimum atomic E-state index is -0.351. The Bertz CT molecular complexity index is 1160. The molecular formula is C24H17Cl2NO3S. The second-order valence-electron chi connectivity index (χ2n) is 6.82. The van der Waals surface area contributed by atoms with Crippen molar-refractivity contribution in [1.29, 1.82) is 0 Å². The fourth-order valence-corrected chi connectivity index (χ4v) is 4.32. The van der Waals surface area contributed by atoms with E-state index in [9.17, 15) is 9.59 Å². The normalized spacial score (nSPS) is 15.0. The SMILES string of the molecule is O=C1S/C(=C\c2ccc(OCc3ccccc3)c(Cl)c2)C(=O)N1Cc1ccccc1Cl. The van der Waals surface area contributed by atoms with E-state index in [0.29, 0.717) is 32.9 Å². The Morgan fingerprint density at radius 3 is 2.39 bits per heavy atom. The second kappa shape index (κ2) is 9.60. The molecule has 0 spiro atoms. The highest BCUT2D eigenvalue weighted by Gasteiger charge is 2.35. The van der Waals surface area contributed by atoms with E-state index in [4.69, 9.17) is 27.9 Å². The van der Waals surface area contributed by atoms with Gasteiger partial charge in [-0.1, -0.05) is 77.8 Å². The molecule has 2 amide bonds. The lowest BCUT2D eigenvalue weighted by atomic mass is 10.2. The topological polar surface area (TPSA) is 46.6 Å². The molecular weight excluding hydrogens is 453 g/mol. The van der Waals surface area contributed by atoms with E-state index in [1.165, 1.54) is 4.90 Å². The molecule has 0 N–H and O–H groups in total. The van der Waals surface area contributed by atoms with Crippen molar-refractivity contribution < 1.29 is 14.3 Å². The van der Waals surface area contributed by atoms with E-state index < -0.39 is 0 Å². The average Bonchev–Trinajstić information content (AvgIpc) is 3.03. The highest BCUT2D eigenvalue weighted by Crippen LogP contribution is 2.35. The number of ether oxygens (including phenoxy) is 1. The van der Waals surface area contributed by atoms with Crippen molar-refractivity contribution in [2.24, 2.45) is 0 Å². The number of amides is 2. The number of hydrogen-bond donors (Lipinski definition) is 0. The largest absolute Gasteiger partial charge is 0.487 e. The van der Waals surface area contributed by atoms with Gasteiger partial charge in [-0.15, -0.1) is 0 Å². The highest BCUT2D eigenvalue weighted by atomic mass is 35.5. The van der Waals surface area contributed by atoms with Crippen molar-refractivity contribution in [2.45, 2.75) is 13.2 Å². The van der Waals surface area contributed by atoms with E-state index in [0.717, 1.165) is 22.9 Å². The van der Waals surface area contributed by atoms with Gasteiger partial charge in [0.1, 0.15) is 12.4 Å².